The zero-order valence-electron chi connectivity index (χ0n) is 12.9. The summed E-state index contributed by atoms with van der Waals surface area (Å²) in [5, 5.41) is 11.4. The topological polar surface area (TPSA) is 97.8 Å². The summed E-state index contributed by atoms with van der Waals surface area (Å²) < 4.78 is 28.3. The number of aliphatic hydroxyl groups excluding tert-OH is 1. The van der Waals surface area contributed by atoms with E-state index in [-0.39, 0.29) is 6.61 Å². The van der Waals surface area contributed by atoms with E-state index in [0.717, 1.165) is 16.5 Å². The Kier molecular flexibility index (Phi) is 4.19. The fraction of sp³-hybridized carbons (Fsp3) is 0.267. The Hall–Kier alpha value is -1.68. The quantitative estimate of drug-likeness (QED) is 0.530. The third kappa shape index (κ3) is 2.91. The Balaban J connectivity index is 1.64. The number of H-pyrrole nitrogens is 1. The van der Waals surface area contributed by atoms with Crippen LogP contribution in [-0.4, -0.2) is 46.1 Å². The molecule has 4 rings (SSSR count). The predicted octanol–water partition coefficient (Wildman–Crippen LogP) is 2.22. The minimum Gasteiger partial charge on any atom is -0.396 e. The second kappa shape index (κ2) is 6.24. The summed E-state index contributed by atoms with van der Waals surface area (Å²) in [5.41, 5.74) is 1.39. The van der Waals surface area contributed by atoms with E-state index in [9.17, 15) is 8.42 Å². The molecule has 0 radical (unpaired) electrons. The van der Waals surface area contributed by atoms with Crippen molar-refractivity contribution in [2.45, 2.75) is 17.3 Å². The highest BCUT2D eigenvalue weighted by molar-refractivity contribution is 8.16. The van der Waals surface area contributed by atoms with E-state index in [1.165, 1.54) is 11.8 Å². The number of anilines is 1. The van der Waals surface area contributed by atoms with Crippen molar-refractivity contribution >= 4 is 55.1 Å². The molecule has 2 aliphatic rings. The van der Waals surface area contributed by atoms with Crippen LogP contribution in [0.3, 0.4) is 0 Å². The summed E-state index contributed by atoms with van der Waals surface area (Å²) in [6.45, 7) is 0.0258. The number of alkyl halides is 1. The monoisotopic (exact) mass is 398 g/mol. The van der Waals surface area contributed by atoms with Crippen LogP contribution in [0.25, 0.3) is 10.9 Å². The molecule has 0 fully saturated rings. The SMILES string of the molecule is O=S(=O)(Nc1ccc2[nH]cc(CCO)c2c1)C1C(Cl)N=C2SC=CN21. The van der Waals surface area contributed by atoms with E-state index < -0.39 is 20.9 Å². The smallest absolute Gasteiger partial charge is 0.257 e. The molecule has 7 nitrogen and oxygen atoms in total. The number of amidine groups is 1. The lowest BCUT2D eigenvalue weighted by molar-refractivity contribution is 0.300. The molecule has 2 aliphatic heterocycles. The molecule has 2 unspecified atom stereocenters. The zero-order chi connectivity index (χ0) is 17.6. The van der Waals surface area contributed by atoms with Gasteiger partial charge >= 0.3 is 0 Å². The van der Waals surface area contributed by atoms with Crippen LogP contribution in [0.15, 0.2) is 41.0 Å². The highest BCUT2D eigenvalue weighted by Gasteiger charge is 2.45. The molecule has 0 spiro atoms. The highest BCUT2D eigenvalue weighted by Crippen LogP contribution is 2.35. The molecule has 2 atom stereocenters. The molecule has 0 aliphatic carbocycles. The summed E-state index contributed by atoms with van der Waals surface area (Å²) in [4.78, 5) is 8.85. The minimum atomic E-state index is -3.79. The van der Waals surface area contributed by atoms with Gasteiger partial charge < -0.3 is 15.0 Å². The number of aromatic amines is 1. The molecule has 0 bridgehead atoms. The van der Waals surface area contributed by atoms with E-state index in [2.05, 4.69) is 14.7 Å². The fourth-order valence-electron chi connectivity index (χ4n) is 2.97. The fourth-order valence-corrected chi connectivity index (χ4v) is 5.90. The van der Waals surface area contributed by atoms with E-state index >= 15 is 0 Å². The summed E-state index contributed by atoms with van der Waals surface area (Å²) in [5.74, 6) is 0. The molecule has 10 heteroatoms. The zero-order valence-corrected chi connectivity index (χ0v) is 15.3. The molecule has 0 saturated carbocycles. The van der Waals surface area contributed by atoms with E-state index in [1.54, 1.807) is 34.7 Å². The second-order valence-electron chi connectivity index (χ2n) is 5.68. The van der Waals surface area contributed by atoms with Gasteiger partial charge in [-0.1, -0.05) is 23.4 Å². The average Bonchev–Trinajstić information content (AvgIpc) is 3.21. The number of aromatic nitrogens is 1. The molecule has 0 amide bonds. The Labute approximate surface area is 153 Å². The Bertz CT molecular complexity index is 986. The van der Waals surface area contributed by atoms with E-state index in [0.29, 0.717) is 17.3 Å². The van der Waals surface area contributed by atoms with Gasteiger partial charge in [-0.2, -0.15) is 0 Å². The molecular weight excluding hydrogens is 384 g/mol. The highest BCUT2D eigenvalue weighted by atomic mass is 35.5. The maximum atomic E-state index is 12.8. The maximum Gasteiger partial charge on any atom is 0.257 e. The molecule has 3 N–H and O–H groups in total. The first-order chi connectivity index (χ1) is 12.0. The maximum absolute atomic E-state index is 12.8. The van der Waals surface area contributed by atoms with Gasteiger partial charge in [-0.05, 0) is 35.6 Å². The number of aliphatic imine (C=N–C) groups is 1. The van der Waals surface area contributed by atoms with Crippen LogP contribution < -0.4 is 4.72 Å². The largest absolute Gasteiger partial charge is 0.396 e. The minimum absolute atomic E-state index is 0.0258. The Morgan fingerprint density at radius 2 is 2.28 bits per heavy atom. The van der Waals surface area contributed by atoms with Crippen LogP contribution in [0.5, 0.6) is 0 Å². The van der Waals surface area contributed by atoms with Gasteiger partial charge in [0, 0.05) is 35.6 Å². The number of aliphatic hydroxyl groups is 1. The Morgan fingerprint density at radius 3 is 3.08 bits per heavy atom. The van der Waals surface area contributed by atoms with Crippen molar-refractivity contribution in [2.75, 3.05) is 11.3 Å². The molecule has 2 aromatic rings. The van der Waals surface area contributed by atoms with Crippen molar-refractivity contribution in [1.82, 2.24) is 9.88 Å². The van der Waals surface area contributed by atoms with Gasteiger partial charge in [0.15, 0.2) is 16.0 Å². The summed E-state index contributed by atoms with van der Waals surface area (Å²) in [6, 6.07) is 5.24. The number of thioether (sulfide) groups is 1. The number of nitrogens with zero attached hydrogens (tertiary/aromatic N) is 2. The summed E-state index contributed by atoms with van der Waals surface area (Å²) >= 11 is 7.49. The number of hydrogen-bond acceptors (Lipinski definition) is 6. The molecule has 132 valence electrons. The van der Waals surface area contributed by atoms with Crippen molar-refractivity contribution in [3.63, 3.8) is 0 Å². The summed E-state index contributed by atoms with van der Waals surface area (Å²) in [7, 11) is -3.79. The van der Waals surface area contributed by atoms with Crippen LogP contribution in [0.2, 0.25) is 0 Å². The first-order valence-corrected chi connectivity index (χ1v) is 10.4. The number of halogens is 1. The molecular formula is C15H15ClN4O3S2. The van der Waals surface area contributed by atoms with Crippen molar-refractivity contribution in [3.05, 3.63) is 41.6 Å². The molecule has 3 heterocycles. The van der Waals surface area contributed by atoms with Crippen molar-refractivity contribution in [1.29, 1.82) is 0 Å². The molecule has 1 aromatic carbocycles. The third-order valence-corrected chi connectivity index (χ3v) is 7.00. The third-order valence-electron chi connectivity index (χ3n) is 4.09. The van der Waals surface area contributed by atoms with Crippen LogP contribution in [0.4, 0.5) is 5.69 Å². The van der Waals surface area contributed by atoms with Crippen molar-refractivity contribution in [3.8, 4) is 0 Å². The predicted molar refractivity (Wildman–Crippen MR) is 101 cm³/mol. The lowest BCUT2D eigenvalue weighted by atomic mass is 10.1. The standard InChI is InChI=1S/C15H15ClN4O3S2/c16-13-14(20-4-6-24-15(20)18-13)25(22,23)19-10-1-2-12-11(7-10)9(3-5-21)8-17-12/h1-2,4,6-8,13-14,17,19,21H,3,5H2. The first kappa shape index (κ1) is 16.8. The average molecular weight is 399 g/mol. The van der Waals surface area contributed by atoms with Gasteiger partial charge in [-0.25, -0.2) is 13.4 Å². The molecule has 1 aromatic heterocycles. The van der Waals surface area contributed by atoms with Gasteiger partial charge in [-0.15, -0.1) is 0 Å². The first-order valence-electron chi connectivity index (χ1n) is 7.55. The van der Waals surface area contributed by atoms with Crippen molar-refractivity contribution < 1.29 is 13.5 Å². The van der Waals surface area contributed by atoms with Crippen LogP contribution in [0.1, 0.15) is 5.56 Å². The number of benzene rings is 1. The van der Waals surface area contributed by atoms with E-state index in [4.69, 9.17) is 16.7 Å². The van der Waals surface area contributed by atoms with Gasteiger partial charge in [0.1, 0.15) is 0 Å². The van der Waals surface area contributed by atoms with E-state index in [1.807, 2.05) is 6.20 Å². The van der Waals surface area contributed by atoms with Crippen LogP contribution >= 0.6 is 23.4 Å². The number of rotatable bonds is 5. The van der Waals surface area contributed by atoms with Crippen molar-refractivity contribution in [2.24, 2.45) is 4.99 Å². The van der Waals surface area contributed by atoms with Gasteiger partial charge in [0.2, 0.25) is 0 Å². The van der Waals surface area contributed by atoms with Crippen LogP contribution in [0, 0.1) is 0 Å². The summed E-state index contributed by atoms with van der Waals surface area (Å²) in [6.07, 6.45) is 3.98. The number of sulfonamides is 1. The number of nitrogens with one attached hydrogen (secondary N) is 2. The van der Waals surface area contributed by atoms with Gasteiger partial charge in [0.05, 0.1) is 0 Å². The normalized spacial score (nSPS) is 22.5. The van der Waals surface area contributed by atoms with Crippen LogP contribution in [-0.2, 0) is 16.4 Å². The lowest BCUT2D eigenvalue weighted by Crippen LogP contribution is -2.42. The molecule has 25 heavy (non-hydrogen) atoms. The number of fused-ring (bicyclic) bond motifs is 2. The lowest BCUT2D eigenvalue weighted by Gasteiger charge is -2.23. The second-order valence-corrected chi connectivity index (χ2v) is 8.78. The molecule has 0 saturated heterocycles. The van der Waals surface area contributed by atoms with Gasteiger partial charge in [0.25, 0.3) is 10.0 Å². The Morgan fingerprint density at radius 1 is 1.44 bits per heavy atom. The number of hydrogen-bond donors (Lipinski definition) is 3. The van der Waals surface area contributed by atoms with Gasteiger partial charge in [-0.3, -0.25) is 4.72 Å².